The fourth-order valence-corrected chi connectivity index (χ4v) is 4.52. The molecule has 0 aliphatic carbocycles. The molecule has 0 bridgehead atoms. The molecule has 36 heavy (non-hydrogen) atoms. The highest BCUT2D eigenvalue weighted by atomic mass is 32.1. The lowest BCUT2D eigenvalue weighted by atomic mass is 10.1. The van der Waals surface area contributed by atoms with Crippen LogP contribution in [0.5, 0.6) is 0 Å². The van der Waals surface area contributed by atoms with Crippen LogP contribution in [-0.4, -0.2) is 75.6 Å². The van der Waals surface area contributed by atoms with Gasteiger partial charge in [-0.1, -0.05) is 0 Å². The normalized spacial score (nSPS) is 17.6. The standard InChI is InChI=1S/C24H29F4N7S/c1-32-6-8-34(9-7-32)21-15-22(20(25)14-17(21)16-30-31-23(29)36)35-12-10-33(11-13-35)19-4-2-18(3-5-19)24(26,27)28/h2-5,14-16H,6-13H2,1H3,(H3,29,31,36). The van der Waals surface area contributed by atoms with Gasteiger partial charge in [0.25, 0.3) is 0 Å². The molecule has 0 unspecified atom stereocenters. The Hall–Kier alpha value is -3.12. The van der Waals surface area contributed by atoms with Crippen LogP contribution in [-0.2, 0) is 6.18 Å². The molecule has 3 N–H and O–H groups in total. The number of thiocarbonyl (C=S) groups is 1. The van der Waals surface area contributed by atoms with E-state index in [0.29, 0.717) is 37.4 Å². The summed E-state index contributed by atoms with van der Waals surface area (Å²) in [7, 11) is 2.07. The number of alkyl halides is 3. The van der Waals surface area contributed by atoms with Crippen LogP contribution in [0.15, 0.2) is 41.5 Å². The van der Waals surface area contributed by atoms with Crippen molar-refractivity contribution in [1.82, 2.24) is 10.3 Å². The number of hydrogen-bond acceptors (Lipinski definition) is 6. The number of hydrazone groups is 1. The first-order valence-corrected chi connectivity index (χ1v) is 12.1. The molecule has 4 rings (SSSR count). The van der Waals surface area contributed by atoms with Gasteiger partial charge in [0.05, 0.1) is 17.5 Å². The Bertz CT molecular complexity index is 1090. The maximum atomic E-state index is 15.3. The van der Waals surface area contributed by atoms with E-state index in [9.17, 15) is 13.2 Å². The van der Waals surface area contributed by atoms with E-state index in [0.717, 1.165) is 49.7 Å². The van der Waals surface area contributed by atoms with Gasteiger partial charge in [-0.15, -0.1) is 0 Å². The summed E-state index contributed by atoms with van der Waals surface area (Å²) in [4.78, 5) is 8.44. The molecule has 2 fully saturated rings. The number of hydrogen-bond donors (Lipinski definition) is 2. The van der Waals surface area contributed by atoms with E-state index in [-0.39, 0.29) is 10.9 Å². The van der Waals surface area contributed by atoms with Gasteiger partial charge in [0.2, 0.25) is 0 Å². The van der Waals surface area contributed by atoms with Gasteiger partial charge in [-0.25, -0.2) is 4.39 Å². The van der Waals surface area contributed by atoms with Crippen molar-refractivity contribution in [1.29, 1.82) is 0 Å². The quantitative estimate of drug-likeness (QED) is 0.270. The molecule has 2 aliphatic rings. The van der Waals surface area contributed by atoms with Crippen molar-refractivity contribution < 1.29 is 17.6 Å². The predicted octanol–water partition coefficient (Wildman–Crippen LogP) is 3.09. The van der Waals surface area contributed by atoms with Gasteiger partial charge in [-0.3, -0.25) is 5.43 Å². The van der Waals surface area contributed by atoms with Crippen molar-refractivity contribution >= 4 is 40.6 Å². The molecule has 2 aromatic carbocycles. The molecule has 0 amide bonds. The van der Waals surface area contributed by atoms with Crippen LogP contribution in [0.4, 0.5) is 34.6 Å². The molecule has 2 aromatic rings. The van der Waals surface area contributed by atoms with Crippen LogP contribution in [0.1, 0.15) is 11.1 Å². The Balaban J connectivity index is 1.52. The Labute approximate surface area is 213 Å². The van der Waals surface area contributed by atoms with Crippen molar-refractivity contribution in [3.63, 3.8) is 0 Å². The molecule has 2 heterocycles. The van der Waals surface area contributed by atoms with E-state index in [1.165, 1.54) is 24.4 Å². The summed E-state index contributed by atoms with van der Waals surface area (Å²) < 4.78 is 53.9. The van der Waals surface area contributed by atoms with E-state index in [4.69, 9.17) is 18.0 Å². The fourth-order valence-electron chi connectivity index (χ4n) is 4.47. The van der Waals surface area contributed by atoms with E-state index < -0.39 is 11.7 Å². The lowest BCUT2D eigenvalue weighted by Gasteiger charge is -2.39. The minimum Gasteiger partial charge on any atom is -0.375 e. The van der Waals surface area contributed by atoms with E-state index in [2.05, 4.69) is 27.4 Å². The minimum atomic E-state index is -4.36. The smallest absolute Gasteiger partial charge is 0.375 e. The van der Waals surface area contributed by atoms with Crippen LogP contribution in [0.25, 0.3) is 0 Å². The van der Waals surface area contributed by atoms with Gasteiger partial charge >= 0.3 is 6.18 Å². The highest BCUT2D eigenvalue weighted by molar-refractivity contribution is 7.80. The zero-order valence-electron chi connectivity index (χ0n) is 19.9. The van der Waals surface area contributed by atoms with Crippen molar-refractivity contribution in [3.8, 4) is 0 Å². The molecule has 2 saturated heterocycles. The van der Waals surface area contributed by atoms with E-state index >= 15 is 4.39 Å². The van der Waals surface area contributed by atoms with Gasteiger partial charge in [-0.05, 0) is 55.7 Å². The van der Waals surface area contributed by atoms with Crippen LogP contribution >= 0.6 is 12.2 Å². The summed E-state index contributed by atoms with van der Waals surface area (Å²) in [5.41, 5.74) is 9.99. The average Bonchev–Trinajstić information content (AvgIpc) is 2.84. The number of halogens is 4. The first-order chi connectivity index (χ1) is 17.1. The lowest BCUT2D eigenvalue weighted by Crippen LogP contribution is -2.47. The van der Waals surface area contributed by atoms with Crippen molar-refractivity contribution in [3.05, 3.63) is 53.3 Å². The molecule has 2 aliphatic heterocycles. The van der Waals surface area contributed by atoms with Gasteiger partial charge < -0.3 is 25.3 Å². The van der Waals surface area contributed by atoms with E-state index in [1.807, 2.05) is 15.9 Å². The van der Waals surface area contributed by atoms with Crippen LogP contribution < -0.4 is 25.9 Å². The molecular formula is C24H29F4N7S. The first kappa shape index (κ1) is 26.0. The largest absolute Gasteiger partial charge is 0.416 e. The Kier molecular flexibility index (Phi) is 7.84. The Morgan fingerprint density at radius 3 is 2.06 bits per heavy atom. The SMILES string of the molecule is CN1CCN(c2cc(N3CCN(c4ccc(C(F)(F)F)cc4)CC3)c(F)cc2C=NNC(N)=S)CC1. The summed E-state index contributed by atoms with van der Waals surface area (Å²) in [6, 6.07) is 8.48. The van der Waals surface area contributed by atoms with Gasteiger partial charge in [0.1, 0.15) is 5.82 Å². The van der Waals surface area contributed by atoms with Gasteiger partial charge in [0.15, 0.2) is 5.11 Å². The predicted molar refractivity (Wildman–Crippen MR) is 139 cm³/mol. The van der Waals surface area contributed by atoms with Crippen LogP contribution in [0.2, 0.25) is 0 Å². The summed E-state index contributed by atoms with van der Waals surface area (Å²) in [5.74, 6) is -0.368. The second-order valence-electron chi connectivity index (χ2n) is 8.91. The molecule has 0 radical (unpaired) electrons. The molecule has 7 nitrogen and oxygen atoms in total. The second kappa shape index (κ2) is 10.9. The maximum absolute atomic E-state index is 15.3. The molecule has 12 heteroatoms. The van der Waals surface area contributed by atoms with Crippen molar-refractivity contribution in [2.24, 2.45) is 10.8 Å². The van der Waals surface area contributed by atoms with Gasteiger partial charge in [-0.2, -0.15) is 18.3 Å². The molecule has 194 valence electrons. The number of nitrogens with two attached hydrogens (primary N) is 1. The zero-order chi connectivity index (χ0) is 25.9. The average molecular weight is 524 g/mol. The minimum absolute atomic E-state index is 0.0235. The van der Waals surface area contributed by atoms with Gasteiger partial charge in [0, 0.05) is 69.3 Å². The number of nitrogens with zero attached hydrogens (tertiary/aromatic N) is 5. The lowest BCUT2D eigenvalue weighted by molar-refractivity contribution is -0.137. The molecule has 0 spiro atoms. The Morgan fingerprint density at radius 2 is 1.47 bits per heavy atom. The molecule has 0 saturated carbocycles. The Morgan fingerprint density at radius 1 is 0.917 bits per heavy atom. The fraction of sp³-hybridized carbons (Fsp3) is 0.417. The number of benzene rings is 2. The number of anilines is 3. The monoisotopic (exact) mass is 523 g/mol. The summed E-state index contributed by atoms with van der Waals surface area (Å²) in [6.07, 6.45) is -2.85. The highest BCUT2D eigenvalue weighted by Gasteiger charge is 2.30. The molecule has 0 atom stereocenters. The highest BCUT2D eigenvalue weighted by Crippen LogP contribution is 2.33. The number of nitrogens with one attached hydrogen (secondary N) is 1. The third-order valence-electron chi connectivity index (χ3n) is 6.50. The maximum Gasteiger partial charge on any atom is 0.416 e. The van der Waals surface area contributed by atoms with Crippen molar-refractivity contribution in [2.75, 3.05) is 74.1 Å². The number of rotatable bonds is 5. The third kappa shape index (κ3) is 6.16. The third-order valence-corrected chi connectivity index (χ3v) is 6.59. The molecule has 0 aromatic heterocycles. The second-order valence-corrected chi connectivity index (χ2v) is 9.35. The first-order valence-electron chi connectivity index (χ1n) is 11.6. The number of piperazine rings is 2. The summed E-state index contributed by atoms with van der Waals surface area (Å²) in [6.45, 7) is 5.58. The van der Waals surface area contributed by atoms with Crippen LogP contribution in [0.3, 0.4) is 0 Å². The van der Waals surface area contributed by atoms with Crippen molar-refractivity contribution in [2.45, 2.75) is 6.18 Å². The van der Waals surface area contributed by atoms with E-state index in [1.54, 1.807) is 0 Å². The number of likely N-dealkylation sites (N-methyl/N-ethyl adjacent to an activating group) is 1. The summed E-state index contributed by atoms with van der Waals surface area (Å²) >= 11 is 4.78. The summed E-state index contributed by atoms with van der Waals surface area (Å²) in [5, 5.41) is 4.05. The van der Waals surface area contributed by atoms with Crippen LogP contribution in [0, 0.1) is 5.82 Å². The topological polar surface area (TPSA) is 63.4 Å². The zero-order valence-corrected chi connectivity index (χ0v) is 20.7. The molecular weight excluding hydrogens is 494 g/mol.